The van der Waals surface area contributed by atoms with Crippen LogP contribution in [0.5, 0.6) is 0 Å². The van der Waals surface area contributed by atoms with Crippen LogP contribution in [-0.2, 0) is 11.3 Å². The third-order valence-electron chi connectivity index (χ3n) is 7.00. The van der Waals surface area contributed by atoms with Gasteiger partial charge in [-0.05, 0) is 66.6 Å². The van der Waals surface area contributed by atoms with Crippen LogP contribution in [0.2, 0.25) is 0 Å². The van der Waals surface area contributed by atoms with Gasteiger partial charge in [0.2, 0.25) is 5.91 Å². The fourth-order valence-electron chi connectivity index (χ4n) is 4.98. The molecule has 0 N–H and O–H groups in total. The van der Waals surface area contributed by atoms with Crippen molar-refractivity contribution in [1.82, 2.24) is 14.5 Å². The second kappa shape index (κ2) is 8.35. The molecule has 1 atom stereocenters. The minimum atomic E-state index is -0.288. The van der Waals surface area contributed by atoms with Crippen molar-refractivity contribution in [3.05, 3.63) is 78.4 Å². The lowest BCUT2D eigenvalue weighted by molar-refractivity contribution is -0.131. The van der Waals surface area contributed by atoms with E-state index in [0.717, 1.165) is 65.9 Å². The van der Waals surface area contributed by atoms with E-state index < -0.39 is 0 Å². The van der Waals surface area contributed by atoms with E-state index in [2.05, 4.69) is 4.57 Å². The molecule has 4 nitrogen and oxygen atoms in total. The minimum absolute atomic E-state index is 0.233. The summed E-state index contributed by atoms with van der Waals surface area (Å²) in [6, 6.07) is 19.1. The van der Waals surface area contributed by atoms with Gasteiger partial charge in [-0.25, -0.2) is 13.8 Å². The fourth-order valence-corrected chi connectivity index (χ4v) is 4.98. The van der Waals surface area contributed by atoms with Crippen molar-refractivity contribution in [2.75, 3.05) is 13.1 Å². The lowest BCUT2D eigenvalue weighted by Crippen LogP contribution is -2.30. The molecular weight excluding hydrogens is 432 g/mol. The summed E-state index contributed by atoms with van der Waals surface area (Å²) in [5.74, 6) is 1.08. The molecule has 1 aliphatic heterocycles. The standard InChI is InChI=1S/C28H25F2N3O/c29-23-9-7-20(8-10-23)19-1-3-21(4-2-19)27-31-25-12-11-24(30)15-26(25)33(27)17-18-13-14-32(16-18)28(34)22-5-6-22/h1-4,7-12,15,18,22H,5-6,13-14,16-17H2/t18-/m0/s1. The van der Waals surface area contributed by atoms with Gasteiger partial charge in [-0.1, -0.05) is 36.4 Å². The molecular formula is C28H25F2N3O. The molecule has 34 heavy (non-hydrogen) atoms. The average Bonchev–Trinajstić information content (AvgIpc) is 3.50. The van der Waals surface area contributed by atoms with Crippen molar-refractivity contribution >= 4 is 16.9 Å². The van der Waals surface area contributed by atoms with Gasteiger partial charge in [0.15, 0.2) is 0 Å². The molecule has 1 aromatic heterocycles. The van der Waals surface area contributed by atoms with Crippen LogP contribution in [0.1, 0.15) is 19.3 Å². The Hall–Kier alpha value is -3.54. The summed E-state index contributed by atoms with van der Waals surface area (Å²) in [4.78, 5) is 19.3. The maximum Gasteiger partial charge on any atom is 0.225 e. The molecule has 1 saturated heterocycles. The smallest absolute Gasteiger partial charge is 0.225 e. The zero-order valence-corrected chi connectivity index (χ0v) is 18.8. The number of carbonyl (C=O) groups is 1. The van der Waals surface area contributed by atoms with Gasteiger partial charge in [-0.15, -0.1) is 0 Å². The molecule has 0 unspecified atom stereocenters. The molecule has 6 rings (SSSR count). The van der Waals surface area contributed by atoms with Crippen LogP contribution in [0.3, 0.4) is 0 Å². The highest BCUT2D eigenvalue weighted by Gasteiger charge is 2.36. The van der Waals surface area contributed by atoms with E-state index in [0.29, 0.717) is 18.4 Å². The number of amides is 1. The first-order valence-corrected chi connectivity index (χ1v) is 11.9. The van der Waals surface area contributed by atoms with Crippen molar-refractivity contribution in [3.8, 4) is 22.5 Å². The van der Waals surface area contributed by atoms with Crippen molar-refractivity contribution in [2.45, 2.75) is 25.8 Å². The number of imidazole rings is 1. The predicted octanol–water partition coefficient (Wildman–Crippen LogP) is 5.91. The SMILES string of the molecule is O=C(C1CC1)N1CC[C@H](Cn2c(-c3ccc(-c4ccc(F)cc4)cc3)nc3ccc(F)cc32)C1. The summed E-state index contributed by atoms with van der Waals surface area (Å²) >= 11 is 0. The quantitative estimate of drug-likeness (QED) is 0.374. The largest absolute Gasteiger partial charge is 0.342 e. The molecule has 0 spiro atoms. The normalized spacial score (nSPS) is 18.1. The van der Waals surface area contributed by atoms with E-state index in [9.17, 15) is 13.6 Å². The Bertz CT molecular complexity index is 1360. The summed E-state index contributed by atoms with van der Waals surface area (Å²) < 4.78 is 29.5. The molecule has 2 aliphatic rings. The molecule has 1 aliphatic carbocycles. The fraction of sp³-hybridized carbons (Fsp3) is 0.286. The van der Waals surface area contributed by atoms with Crippen LogP contribution in [0.15, 0.2) is 66.7 Å². The number of hydrogen-bond donors (Lipinski definition) is 0. The first-order chi connectivity index (χ1) is 16.5. The van der Waals surface area contributed by atoms with Crippen LogP contribution in [0, 0.1) is 23.5 Å². The lowest BCUT2D eigenvalue weighted by atomic mass is 10.0. The lowest BCUT2D eigenvalue weighted by Gasteiger charge is -2.18. The first-order valence-electron chi connectivity index (χ1n) is 11.9. The molecule has 172 valence electrons. The number of hydrogen-bond acceptors (Lipinski definition) is 2. The van der Waals surface area contributed by atoms with Gasteiger partial charge in [-0.3, -0.25) is 4.79 Å². The van der Waals surface area contributed by atoms with E-state index in [1.54, 1.807) is 24.3 Å². The molecule has 2 heterocycles. The van der Waals surface area contributed by atoms with Crippen molar-refractivity contribution in [1.29, 1.82) is 0 Å². The molecule has 0 radical (unpaired) electrons. The summed E-state index contributed by atoms with van der Waals surface area (Å²) in [5, 5.41) is 0. The Morgan fingerprint density at radius 2 is 1.50 bits per heavy atom. The molecule has 4 aromatic rings. The van der Waals surface area contributed by atoms with Gasteiger partial charge in [0, 0.05) is 31.1 Å². The second-order valence-corrected chi connectivity index (χ2v) is 9.48. The van der Waals surface area contributed by atoms with E-state index in [1.807, 2.05) is 29.2 Å². The first kappa shape index (κ1) is 21.0. The topological polar surface area (TPSA) is 38.1 Å². The third kappa shape index (κ3) is 3.98. The predicted molar refractivity (Wildman–Crippen MR) is 128 cm³/mol. The summed E-state index contributed by atoms with van der Waals surface area (Å²) in [7, 11) is 0. The maximum atomic E-state index is 14.2. The van der Waals surface area contributed by atoms with Gasteiger partial charge >= 0.3 is 0 Å². The summed E-state index contributed by atoms with van der Waals surface area (Å²) in [6.07, 6.45) is 2.98. The minimum Gasteiger partial charge on any atom is -0.342 e. The zero-order valence-electron chi connectivity index (χ0n) is 18.8. The van der Waals surface area contributed by atoms with Crippen LogP contribution in [0.25, 0.3) is 33.5 Å². The Balaban J connectivity index is 1.32. The van der Waals surface area contributed by atoms with Crippen molar-refractivity contribution < 1.29 is 13.6 Å². The van der Waals surface area contributed by atoms with Gasteiger partial charge in [0.25, 0.3) is 0 Å². The maximum absolute atomic E-state index is 14.2. The molecule has 2 fully saturated rings. The van der Waals surface area contributed by atoms with Gasteiger partial charge in [-0.2, -0.15) is 0 Å². The highest BCUT2D eigenvalue weighted by atomic mass is 19.1. The average molecular weight is 458 g/mol. The van der Waals surface area contributed by atoms with Gasteiger partial charge < -0.3 is 9.47 Å². The summed E-state index contributed by atoms with van der Waals surface area (Å²) in [6.45, 7) is 2.22. The van der Waals surface area contributed by atoms with Crippen LogP contribution in [-0.4, -0.2) is 33.4 Å². The highest BCUT2D eigenvalue weighted by Crippen LogP contribution is 2.34. The van der Waals surface area contributed by atoms with E-state index in [-0.39, 0.29) is 17.6 Å². The Kier molecular flexibility index (Phi) is 5.16. The van der Waals surface area contributed by atoms with Crippen LogP contribution < -0.4 is 0 Å². The molecule has 3 aromatic carbocycles. The number of carbonyl (C=O) groups excluding carboxylic acids is 1. The number of benzene rings is 3. The number of fused-ring (bicyclic) bond motifs is 1. The zero-order chi connectivity index (χ0) is 23.2. The van der Waals surface area contributed by atoms with Crippen LogP contribution >= 0.6 is 0 Å². The molecule has 0 bridgehead atoms. The number of rotatable bonds is 5. The summed E-state index contributed by atoms with van der Waals surface area (Å²) in [5.41, 5.74) is 4.39. The van der Waals surface area contributed by atoms with Crippen molar-refractivity contribution in [3.63, 3.8) is 0 Å². The number of likely N-dealkylation sites (tertiary alicyclic amines) is 1. The monoisotopic (exact) mass is 457 g/mol. The third-order valence-corrected chi connectivity index (χ3v) is 7.00. The van der Waals surface area contributed by atoms with E-state index in [1.165, 1.54) is 18.2 Å². The van der Waals surface area contributed by atoms with Crippen molar-refractivity contribution in [2.24, 2.45) is 11.8 Å². The molecule has 1 amide bonds. The number of nitrogens with zero attached hydrogens (tertiary/aromatic N) is 3. The Labute approximate surface area is 196 Å². The highest BCUT2D eigenvalue weighted by molar-refractivity contribution is 5.82. The van der Waals surface area contributed by atoms with E-state index >= 15 is 0 Å². The Morgan fingerprint density at radius 3 is 2.21 bits per heavy atom. The van der Waals surface area contributed by atoms with Crippen LogP contribution in [0.4, 0.5) is 8.78 Å². The number of aromatic nitrogens is 2. The second-order valence-electron chi connectivity index (χ2n) is 9.48. The Morgan fingerprint density at radius 1 is 0.853 bits per heavy atom. The molecule has 1 saturated carbocycles. The number of halogens is 2. The van der Waals surface area contributed by atoms with Gasteiger partial charge in [0.05, 0.1) is 11.0 Å². The molecule has 6 heteroatoms. The van der Waals surface area contributed by atoms with Gasteiger partial charge in [0.1, 0.15) is 17.5 Å². The van der Waals surface area contributed by atoms with E-state index in [4.69, 9.17) is 4.98 Å².